The first-order chi connectivity index (χ1) is 6.16. The van der Waals surface area contributed by atoms with Gasteiger partial charge < -0.3 is 14.6 Å². The van der Waals surface area contributed by atoms with Gasteiger partial charge in [0, 0.05) is 19.3 Å². The van der Waals surface area contributed by atoms with E-state index in [4.69, 9.17) is 14.6 Å². The lowest BCUT2D eigenvalue weighted by Gasteiger charge is -2.11. The van der Waals surface area contributed by atoms with E-state index in [-0.39, 0.29) is 0 Å². The molecular weight excluding hydrogens is 182 g/mol. The van der Waals surface area contributed by atoms with Crippen molar-refractivity contribution in [3.05, 3.63) is 0 Å². The highest BCUT2D eigenvalue weighted by atomic mass is 28.3. The van der Waals surface area contributed by atoms with Crippen molar-refractivity contribution in [3.63, 3.8) is 0 Å². The van der Waals surface area contributed by atoms with Crippen LogP contribution < -0.4 is 5.73 Å². The normalized spacial score (nSPS) is 15.7. The molecule has 0 aliphatic heterocycles. The molecule has 0 bridgehead atoms. The standard InChI is InChI=1S/C9H23NO2Si/c1-4-11-13(3)12-8-6-5-7-9(2)10/h9,13H,4-8,10H2,1-3H3. The number of hydrogen-bond donors (Lipinski definition) is 1. The maximum Gasteiger partial charge on any atom is 0.318 e. The Labute approximate surface area is 83.5 Å². The minimum atomic E-state index is -1.30. The first-order valence-corrected chi connectivity index (χ1v) is 7.25. The van der Waals surface area contributed by atoms with Gasteiger partial charge in [-0.2, -0.15) is 0 Å². The van der Waals surface area contributed by atoms with Gasteiger partial charge in [-0.1, -0.05) is 0 Å². The average molecular weight is 205 g/mol. The number of rotatable bonds is 8. The summed E-state index contributed by atoms with van der Waals surface area (Å²) in [6.45, 7) is 7.71. The van der Waals surface area contributed by atoms with Crippen LogP contribution in [-0.2, 0) is 8.85 Å². The fraction of sp³-hybridized carbons (Fsp3) is 1.00. The van der Waals surface area contributed by atoms with Crippen LogP contribution in [0.3, 0.4) is 0 Å². The van der Waals surface area contributed by atoms with Gasteiger partial charge >= 0.3 is 9.28 Å². The predicted molar refractivity (Wildman–Crippen MR) is 58.1 cm³/mol. The Morgan fingerprint density at radius 1 is 1.31 bits per heavy atom. The van der Waals surface area contributed by atoms with E-state index >= 15 is 0 Å². The van der Waals surface area contributed by atoms with Gasteiger partial charge in [0.15, 0.2) is 0 Å². The lowest BCUT2D eigenvalue weighted by atomic mass is 10.1. The lowest BCUT2D eigenvalue weighted by Crippen LogP contribution is -2.19. The van der Waals surface area contributed by atoms with Crippen molar-refractivity contribution in [2.75, 3.05) is 13.2 Å². The van der Waals surface area contributed by atoms with Gasteiger partial charge in [0.05, 0.1) is 0 Å². The molecule has 2 atom stereocenters. The number of hydrogen-bond acceptors (Lipinski definition) is 3. The second-order valence-corrected chi connectivity index (χ2v) is 5.17. The third-order valence-electron chi connectivity index (χ3n) is 1.81. The largest absolute Gasteiger partial charge is 0.397 e. The Balaban J connectivity index is 3.06. The maximum absolute atomic E-state index is 5.63. The Morgan fingerprint density at radius 2 is 2.00 bits per heavy atom. The summed E-state index contributed by atoms with van der Waals surface area (Å²) in [5.41, 5.74) is 5.63. The quantitative estimate of drug-likeness (QED) is 0.481. The van der Waals surface area contributed by atoms with Gasteiger partial charge in [-0.25, -0.2) is 0 Å². The zero-order chi connectivity index (χ0) is 10.1. The summed E-state index contributed by atoms with van der Waals surface area (Å²) in [6, 6.07) is 0.321. The van der Waals surface area contributed by atoms with Crippen molar-refractivity contribution in [2.24, 2.45) is 5.73 Å². The van der Waals surface area contributed by atoms with Crippen molar-refractivity contribution in [1.82, 2.24) is 0 Å². The van der Waals surface area contributed by atoms with Crippen LogP contribution in [0.2, 0.25) is 6.55 Å². The van der Waals surface area contributed by atoms with Crippen molar-refractivity contribution in [1.29, 1.82) is 0 Å². The maximum atomic E-state index is 5.63. The van der Waals surface area contributed by atoms with Crippen molar-refractivity contribution in [2.45, 2.75) is 45.7 Å². The average Bonchev–Trinajstić information content (AvgIpc) is 2.03. The zero-order valence-corrected chi connectivity index (χ0v) is 10.2. The molecule has 0 heterocycles. The third-order valence-corrected chi connectivity index (χ3v) is 3.32. The van der Waals surface area contributed by atoms with Crippen LogP contribution in [-0.4, -0.2) is 28.5 Å². The molecular formula is C9H23NO2Si. The number of nitrogens with two attached hydrogens (primary N) is 1. The van der Waals surface area contributed by atoms with E-state index in [1.165, 1.54) is 0 Å². The smallest absolute Gasteiger partial charge is 0.318 e. The van der Waals surface area contributed by atoms with Crippen LogP contribution in [0.5, 0.6) is 0 Å². The van der Waals surface area contributed by atoms with Crippen molar-refractivity contribution in [3.8, 4) is 0 Å². The van der Waals surface area contributed by atoms with Gasteiger partial charge in [-0.3, -0.25) is 0 Å². The summed E-state index contributed by atoms with van der Waals surface area (Å²) in [6.07, 6.45) is 3.35. The molecule has 0 aromatic rings. The minimum absolute atomic E-state index is 0.321. The molecule has 4 heteroatoms. The molecule has 13 heavy (non-hydrogen) atoms. The molecule has 0 aromatic heterocycles. The molecule has 0 amide bonds. The monoisotopic (exact) mass is 205 g/mol. The molecule has 0 aliphatic rings. The van der Waals surface area contributed by atoms with Gasteiger partial charge in [0.1, 0.15) is 0 Å². The van der Waals surface area contributed by atoms with E-state index in [2.05, 4.69) is 6.55 Å². The third kappa shape index (κ3) is 10.0. The number of unbranched alkanes of at least 4 members (excludes halogenated alkanes) is 1. The molecule has 0 saturated carbocycles. The fourth-order valence-corrected chi connectivity index (χ4v) is 2.16. The molecule has 3 nitrogen and oxygen atoms in total. The van der Waals surface area contributed by atoms with Gasteiger partial charge in [0.2, 0.25) is 0 Å². The fourth-order valence-electron chi connectivity index (χ4n) is 1.10. The van der Waals surface area contributed by atoms with Crippen molar-refractivity contribution < 1.29 is 8.85 Å². The summed E-state index contributed by atoms with van der Waals surface area (Å²) in [5.74, 6) is 0. The summed E-state index contributed by atoms with van der Waals surface area (Å²) in [4.78, 5) is 0. The first kappa shape index (κ1) is 13.1. The summed E-state index contributed by atoms with van der Waals surface area (Å²) >= 11 is 0. The van der Waals surface area contributed by atoms with E-state index in [1.807, 2.05) is 13.8 Å². The molecule has 0 aliphatic carbocycles. The molecule has 0 rings (SSSR count). The van der Waals surface area contributed by atoms with Gasteiger partial charge in [-0.15, -0.1) is 0 Å². The first-order valence-electron chi connectivity index (χ1n) is 5.15. The molecule has 0 spiro atoms. The van der Waals surface area contributed by atoms with Gasteiger partial charge in [-0.05, 0) is 39.7 Å². The molecule has 80 valence electrons. The van der Waals surface area contributed by atoms with Crippen LogP contribution in [0.4, 0.5) is 0 Å². The van der Waals surface area contributed by atoms with Crippen LogP contribution >= 0.6 is 0 Å². The van der Waals surface area contributed by atoms with E-state index in [9.17, 15) is 0 Å². The van der Waals surface area contributed by atoms with Crippen molar-refractivity contribution >= 4 is 9.28 Å². The summed E-state index contributed by atoms with van der Waals surface area (Å²) in [5, 5.41) is 0. The van der Waals surface area contributed by atoms with Gasteiger partial charge in [0.25, 0.3) is 0 Å². The van der Waals surface area contributed by atoms with Crippen LogP contribution in [0, 0.1) is 0 Å². The second-order valence-electron chi connectivity index (χ2n) is 3.37. The van der Waals surface area contributed by atoms with E-state index in [0.717, 1.165) is 32.5 Å². The Kier molecular flexibility index (Phi) is 8.75. The highest BCUT2D eigenvalue weighted by molar-refractivity contribution is 6.42. The Hall–Kier alpha value is 0.0969. The Bertz CT molecular complexity index is 112. The minimum Gasteiger partial charge on any atom is -0.397 e. The van der Waals surface area contributed by atoms with Crippen LogP contribution in [0.1, 0.15) is 33.1 Å². The predicted octanol–water partition coefficient (Wildman–Crippen LogP) is 1.41. The summed E-state index contributed by atoms with van der Waals surface area (Å²) < 4.78 is 10.9. The van der Waals surface area contributed by atoms with Crippen LogP contribution in [0.25, 0.3) is 0 Å². The van der Waals surface area contributed by atoms with Crippen LogP contribution in [0.15, 0.2) is 0 Å². The SMILES string of the molecule is CCO[SiH](C)OCCCCC(C)N. The van der Waals surface area contributed by atoms with E-state index in [1.54, 1.807) is 0 Å². The molecule has 0 saturated heterocycles. The summed E-state index contributed by atoms with van der Waals surface area (Å²) in [7, 11) is -1.30. The molecule has 0 aromatic carbocycles. The molecule has 2 N–H and O–H groups in total. The molecule has 0 fully saturated rings. The Morgan fingerprint density at radius 3 is 2.54 bits per heavy atom. The topological polar surface area (TPSA) is 44.5 Å². The van der Waals surface area contributed by atoms with E-state index in [0.29, 0.717) is 6.04 Å². The van der Waals surface area contributed by atoms with E-state index < -0.39 is 9.28 Å². The molecule has 0 radical (unpaired) electrons. The molecule has 2 unspecified atom stereocenters. The second kappa shape index (κ2) is 8.68. The highest BCUT2D eigenvalue weighted by Crippen LogP contribution is 1.99. The highest BCUT2D eigenvalue weighted by Gasteiger charge is 2.03. The lowest BCUT2D eigenvalue weighted by molar-refractivity contribution is 0.206. The zero-order valence-electron chi connectivity index (χ0n) is 9.08.